The van der Waals surface area contributed by atoms with Crippen LogP contribution >= 0.6 is 0 Å². The van der Waals surface area contributed by atoms with E-state index in [9.17, 15) is 9.90 Å². The second kappa shape index (κ2) is 7.60. The van der Waals surface area contributed by atoms with Gasteiger partial charge in [-0.05, 0) is 48.7 Å². The topological polar surface area (TPSA) is 49.8 Å². The number of aliphatic hydroxyl groups excluding tert-OH is 1. The second-order valence-corrected chi connectivity index (χ2v) is 6.30. The summed E-state index contributed by atoms with van der Waals surface area (Å²) in [6.45, 7) is 4.22. The zero-order valence-electron chi connectivity index (χ0n) is 13.9. The summed E-state index contributed by atoms with van der Waals surface area (Å²) in [5.74, 6) is 0.704. The van der Waals surface area contributed by atoms with E-state index in [-0.39, 0.29) is 12.4 Å². The highest BCUT2D eigenvalue weighted by Gasteiger charge is 2.18. The third-order valence-electron chi connectivity index (χ3n) is 4.38. The molecule has 4 nitrogen and oxygen atoms in total. The normalized spacial score (nSPS) is 15.6. The maximum atomic E-state index is 11.2. The minimum atomic E-state index is -0.539. The van der Waals surface area contributed by atoms with Crippen LogP contribution in [0.25, 0.3) is 0 Å². The van der Waals surface area contributed by atoms with Gasteiger partial charge in [-0.2, -0.15) is 0 Å². The van der Waals surface area contributed by atoms with Gasteiger partial charge in [0, 0.05) is 25.2 Å². The Labute approximate surface area is 142 Å². The molecule has 126 valence electrons. The molecule has 0 radical (unpaired) electrons. The third kappa shape index (κ3) is 4.22. The van der Waals surface area contributed by atoms with Gasteiger partial charge in [0.2, 0.25) is 0 Å². The van der Waals surface area contributed by atoms with Gasteiger partial charge in [0.05, 0.1) is 0 Å². The van der Waals surface area contributed by atoms with Crippen LogP contribution in [0.15, 0.2) is 48.5 Å². The van der Waals surface area contributed by atoms with Crippen LogP contribution < -0.4 is 4.74 Å². The van der Waals surface area contributed by atoms with Crippen LogP contribution in [-0.4, -0.2) is 41.6 Å². The summed E-state index contributed by atoms with van der Waals surface area (Å²) in [5.41, 5.74) is 3.41. The highest BCUT2D eigenvalue weighted by atomic mass is 16.5. The molecule has 0 aliphatic carbocycles. The summed E-state index contributed by atoms with van der Waals surface area (Å²) in [7, 11) is 0. The van der Waals surface area contributed by atoms with Crippen molar-refractivity contribution in [1.29, 1.82) is 0 Å². The summed E-state index contributed by atoms with van der Waals surface area (Å²) < 4.78 is 5.63. The number of rotatable bonds is 6. The van der Waals surface area contributed by atoms with E-state index >= 15 is 0 Å². The Kier molecular flexibility index (Phi) is 5.28. The Morgan fingerprint density at radius 3 is 2.58 bits per heavy atom. The van der Waals surface area contributed by atoms with Gasteiger partial charge in [-0.15, -0.1) is 0 Å². The van der Waals surface area contributed by atoms with Crippen LogP contribution in [0, 0.1) is 0 Å². The number of carbonyl (C=O) groups is 1. The average molecular weight is 325 g/mol. The minimum absolute atomic E-state index is 0.0342. The van der Waals surface area contributed by atoms with Gasteiger partial charge in [0.15, 0.2) is 5.78 Å². The fraction of sp³-hybridized carbons (Fsp3) is 0.350. The number of hydrogen-bond acceptors (Lipinski definition) is 4. The van der Waals surface area contributed by atoms with E-state index in [4.69, 9.17) is 4.74 Å². The molecule has 4 heteroatoms. The van der Waals surface area contributed by atoms with Crippen molar-refractivity contribution in [2.24, 2.45) is 0 Å². The van der Waals surface area contributed by atoms with Crippen molar-refractivity contribution < 1.29 is 14.6 Å². The molecular formula is C20H23NO3. The van der Waals surface area contributed by atoms with Gasteiger partial charge in [0.25, 0.3) is 0 Å². The molecule has 1 aliphatic heterocycles. The van der Waals surface area contributed by atoms with E-state index in [0.717, 1.165) is 19.5 Å². The van der Waals surface area contributed by atoms with E-state index in [1.807, 2.05) is 0 Å². The van der Waals surface area contributed by atoms with Crippen LogP contribution in [0.2, 0.25) is 0 Å². The summed E-state index contributed by atoms with van der Waals surface area (Å²) in [6, 6.07) is 15.5. The number of hydrogen-bond donors (Lipinski definition) is 1. The summed E-state index contributed by atoms with van der Waals surface area (Å²) in [5, 5.41) is 10.2. The molecule has 0 aromatic heterocycles. The van der Waals surface area contributed by atoms with Crippen LogP contribution in [0.1, 0.15) is 28.4 Å². The predicted molar refractivity (Wildman–Crippen MR) is 93.4 cm³/mol. The molecule has 0 spiro atoms. The average Bonchev–Trinajstić information content (AvgIpc) is 2.60. The molecule has 0 amide bonds. The number of Topliss-reactive ketones (excluding diaryl/α,β-unsaturated/α-hetero) is 1. The smallest absolute Gasteiger partial charge is 0.159 e. The quantitative estimate of drug-likeness (QED) is 0.830. The van der Waals surface area contributed by atoms with Crippen molar-refractivity contribution in [2.75, 3.05) is 19.7 Å². The first-order chi connectivity index (χ1) is 11.6. The largest absolute Gasteiger partial charge is 0.491 e. The molecule has 2 aromatic rings. The van der Waals surface area contributed by atoms with Crippen molar-refractivity contribution in [3.63, 3.8) is 0 Å². The molecule has 1 atom stereocenters. The Morgan fingerprint density at radius 1 is 1.17 bits per heavy atom. The van der Waals surface area contributed by atoms with Crippen LogP contribution in [0.3, 0.4) is 0 Å². The Bertz CT molecular complexity index is 696. The van der Waals surface area contributed by atoms with E-state index in [1.54, 1.807) is 24.3 Å². The maximum Gasteiger partial charge on any atom is 0.159 e. The molecule has 0 saturated carbocycles. The van der Waals surface area contributed by atoms with Crippen LogP contribution in [0.4, 0.5) is 0 Å². The Hall–Kier alpha value is -2.17. The summed E-state index contributed by atoms with van der Waals surface area (Å²) >= 11 is 0. The van der Waals surface area contributed by atoms with E-state index in [0.29, 0.717) is 17.9 Å². The predicted octanol–water partition coefficient (Wildman–Crippen LogP) is 2.69. The van der Waals surface area contributed by atoms with E-state index in [1.165, 1.54) is 18.1 Å². The van der Waals surface area contributed by atoms with E-state index < -0.39 is 6.10 Å². The second-order valence-electron chi connectivity index (χ2n) is 6.30. The molecular weight excluding hydrogens is 302 g/mol. The Morgan fingerprint density at radius 2 is 1.88 bits per heavy atom. The molecule has 1 aliphatic rings. The third-order valence-corrected chi connectivity index (χ3v) is 4.38. The molecule has 1 N–H and O–H groups in total. The SMILES string of the molecule is CC(=O)c1ccc(OC[C@@H](O)CN2CCc3ccccc3C2)cc1. The number of fused-ring (bicyclic) bond motifs is 1. The lowest BCUT2D eigenvalue weighted by atomic mass is 10.00. The number of ether oxygens (including phenoxy) is 1. The molecule has 1 heterocycles. The zero-order valence-corrected chi connectivity index (χ0v) is 13.9. The number of nitrogens with zero attached hydrogens (tertiary/aromatic N) is 1. The highest BCUT2D eigenvalue weighted by molar-refractivity contribution is 5.94. The maximum absolute atomic E-state index is 11.2. The van der Waals surface area contributed by atoms with Crippen LogP contribution in [-0.2, 0) is 13.0 Å². The van der Waals surface area contributed by atoms with Crippen LogP contribution in [0.5, 0.6) is 5.75 Å². The Balaban J connectivity index is 1.48. The molecule has 2 aromatic carbocycles. The number of benzene rings is 2. The van der Waals surface area contributed by atoms with Crippen molar-refractivity contribution in [3.8, 4) is 5.75 Å². The summed E-state index contributed by atoms with van der Waals surface area (Å²) in [6.07, 6.45) is 0.485. The van der Waals surface area contributed by atoms with Gasteiger partial charge < -0.3 is 9.84 Å². The lowest BCUT2D eigenvalue weighted by Crippen LogP contribution is -2.38. The van der Waals surface area contributed by atoms with Gasteiger partial charge >= 0.3 is 0 Å². The monoisotopic (exact) mass is 325 g/mol. The van der Waals surface area contributed by atoms with Crippen molar-refractivity contribution in [3.05, 3.63) is 65.2 Å². The van der Waals surface area contributed by atoms with Crippen molar-refractivity contribution in [2.45, 2.75) is 26.0 Å². The zero-order chi connectivity index (χ0) is 16.9. The first-order valence-corrected chi connectivity index (χ1v) is 8.33. The van der Waals surface area contributed by atoms with Crippen molar-refractivity contribution >= 4 is 5.78 Å². The molecule has 0 fully saturated rings. The molecule has 0 saturated heterocycles. The van der Waals surface area contributed by atoms with E-state index in [2.05, 4.69) is 29.2 Å². The van der Waals surface area contributed by atoms with Gasteiger partial charge in [0.1, 0.15) is 18.5 Å². The highest BCUT2D eigenvalue weighted by Crippen LogP contribution is 2.19. The number of ketones is 1. The lowest BCUT2D eigenvalue weighted by Gasteiger charge is -2.30. The van der Waals surface area contributed by atoms with Gasteiger partial charge in [-0.1, -0.05) is 24.3 Å². The number of aliphatic hydroxyl groups is 1. The summed E-state index contributed by atoms with van der Waals surface area (Å²) in [4.78, 5) is 13.5. The van der Waals surface area contributed by atoms with Crippen molar-refractivity contribution in [1.82, 2.24) is 4.90 Å². The fourth-order valence-electron chi connectivity index (χ4n) is 3.04. The fourth-order valence-corrected chi connectivity index (χ4v) is 3.04. The standard InChI is InChI=1S/C20H23NO3/c1-15(22)16-6-8-20(9-7-16)24-14-19(23)13-21-11-10-17-4-2-3-5-18(17)12-21/h2-9,19,23H,10-14H2,1H3/t19-/m0/s1. The molecule has 0 bridgehead atoms. The van der Waals surface area contributed by atoms with Gasteiger partial charge in [-0.3, -0.25) is 9.69 Å². The first-order valence-electron chi connectivity index (χ1n) is 8.33. The minimum Gasteiger partial charge on any atom is -0.491 e. The molecule has 24 heavy (non-hydrogen) atoms. The van der Waals surface area contributed by atoms with Gasteiger partial charge in [-0.25, -0.2) is 0 Å². The molecule has 0 unspecified atom stereocenters. The first kappa shape index (κ1) is 16.7. The number of β-amino-alcohol motifs (C(OH)–C–C–N with tert-alkyl or cyclic N) is 1. The lowest BCUT2D eigenvalue weighted by molar-refractivity contribution is 0.0637. The number of carbonyl (C=O) groups excluding carboxylic acids is 1. The molecule has 3 rings (SSSR count).